The number of carbonyl (C=O) groups is 1. The molecule has 1 N–H and O–H groups in total. The van der Waals surface area contributed by atoms with Crippen molar-refractivity contribution in [2.75, 3.05) is 37.2 Å². The Hall–Kier alpha value is -4.57. The van der Waals surface area contributed by atoms with E-state index in [4.69, 9.17) is 9.47 Å². The van der Waals surface area contributed by atoms with E-state index in [0.29, 0.717) is 18.0 Å². The van der Waals surface area contributed by atoms with Gasteiger partial charge in [-0.1, -0.05) is 136 Å². The molecule has 0 aliphatic carbocycles. The topological polar surface area (TPSA) is 84.9 Å². The largest absolute Gasteiger partial charge is 0.490 e. The van der Waals surface area contributed by atoms with E-state index < -0.39 is 32.8 Å². The van der Waals surface area contributed by atoms with E-state index in [1.807, 2.05) is 134 Å². The van der Waals surface area contributed by atoms with Crippen LogP contribution in [0.1, 0.15) is 56.2 Å². The van der Waals surface area contributed by atoms with Gasteiger partial charge in [0.1, 0.15) is 18.4 Å². The zero-order valence-corrected chi connectivity index (χ0v) is 33.2. The number of rotatable bonds is 15. The second-order valence-electron chi connectivity index (χ2n) is 14.0. The fraction of sp³-hybridized carbons (Fsp3) is 0.311. The van der Waals surface area contributed by atoms with E-state index in [-0.39, 0.29) is 17.3 Å². The van der Waals surface area contributed by atoms with Gasteiger partial charge in [-0.3, -0.25) is 10.1 Å². The van der Waals surface area contributed by atoms with Crippen molar-refractivity contribution in [1.29, 1.82) is 0 Å². The number of esters is 1. The van der Waals surface area contributed by atoms with Crippen LogP contribution >= 0.6 is 11.8 Å². The third kappa shape index (κ3) is 8.09. The number of fused-ring (bicyclic) bond motifs is 1. The van der Waals surface area contributed by atoms with Crippen LogP contribution < -0.4 is 15.0 Å². The lowest BCUT2D eigenvalue weighted by atomic mass is 9.76. The lowest BCUT2D eigenvalue weighted by Crippen LogP contribution is -2.55. The molecule has 9 heteroatoms. The van der Waals surface area contributed by atoms with Crippen molar-refractivity contribution >= 4 is 38.9 Å². The number of sulfone groups is 1. The molecule has 0 radical (unpaired) electrons. The summed E-state index contributed by atoms with van der Waals surface area (Å²) in [5.74, 6) is -0.0599. The first kappa shape index (κ1) is 39.1. The SMILES string of the molecule is CCCC[C@]1(CC)CN(c2ccccc2)c2cc(SC)c(OC[C@@H](NC(c3ccccc3)(c3ccccc3)c3ccccc3)C(=O)OC)cc2S(=O)(=O)C1. The minimum Gasteiger partial charge on any atom is -0.490 e. The number of thioether (sulfide) groups is 1. The van der Waals surface area contributed by atoms with E-state index in [9.17, 15) is 13.2 Å². The Morgan fingerprint density at radius 2 is 1.39 bits per heavy atom. The highest BCUT2D eigenvalue weighted by Crippen LogP contribution is 2.47. The molecule has 0 spiro atoms. The summed E-state index contributed by atoms with van der Waals surface area (Å²) in [6.07, 6.45) is 5.44. The number of methoxy groups -OCH3 is 1. The third-order valence-corrected chi connectivity index (χ3v) is 13.4. The molecule has 5 aromatic carbocycles. The zero-order chi connectivity index (χ0) is 38.2. The standard InChI is InChI=1S/C45H50N2O5S2/c1-5-7-28-44(6-2)32-47(37-26-18-11-19-27-37)39-29-41(53-4)40(30-42(39)54(49,50)33-44)52-31-38(43(48)51-3)46-45(34-20-12-8-13-21-34,35-22-14-9-15-23-35)36-24-16-10-17-25-36/h8-27,29-30,38,46H,5-7,28,31-33H2,1-4H3/t38-,44-/m1/s1. The van der Waals surface area contributed by atoms with Gasteiger partial charge in [-0.25, -0.2) is 8.42 Å². The quantitative estimate of drug-likeness (QED) is 0.0642. The number of nitrogens with zero attached hydrogens (tertiary/aromatic N) is 1. The van der Waals surface area contributed by atoms with E-state index >= 15 is 0 Å². The molecule has 7 nitrogen and oxygen atoms in total. The molecule has 54 heavy (non-hydrogen) atoms. The highest BCUT2D eigenvalue weighted by atomic mass is 32.2. The maximum absolute atomic E-state index is 14.5. The molecule has 0 bridgehead atoms. The molecule has 0 saturated heterocycles. The predicted molar refractivity (Wildman–Crippen MR) is 220 cm³/mol. The summed E-state index contributed by atoms with van der Waals surface area (Å²) in [5.41, 5.74) is 2.98. The number of unbranched alkanes of at least 4 members (excludes halogenated alkanes) is 1. The maximum atomic E-state index is 14.5. The molecule has 0 amide bonds. The van der Waals surface area contributed by atoms with Crippen molar-refractivity contribution < 1.29 is 22.7 Å². The lowest BCUT2D eigenvalue weighted by Gasteiger charge is -2.39. The Balaban J connectivity index is 1.44. The Morgan fingerprint density at radius 1 is 0.852 bits per heavy atom. The van der Waals surface area contributed by atoms with Crippen LogP contribution in [-0.2, 0) is 24.9 Å². The molecule has 6 rings (SSSR count). The summed E-state index contributed by atoms with van der Waals surface area (Å²) in [7, 11) is -2.39. The van der Waals surface area contributed by atoms with Crippen LogP contribution in [0.3, 0.4) is 0 Å². The van der Waals surface area contributed by atoms with Gasteiger partial charge in [-0.2, -0.15) is 0 Å². The third-order valence-electron chi connectivity index (χ3n) is 10.6. The average Bonchev–Trinajstić information content (AvgIpc) is 3.32. The van der Waals surface area contributed by atoms with Crippen LogP contribution in [0.25, 0.3) is 0 Å². The molecule has 0 aromatic heterocycles. The summed E-state index contributed by atoms with van der Waals surface area (Å²) in [5, 5.41) is 3.70. The van der Waals surface area contributed by atoms with Gasteiger partial charge in [-0.15, -0.1) is 11.8 Å². The number of ether oxygens (including phenoxy) is 2. The number of hydrogen-bond acceptors (Lipinski definition) is 8. The van der Waals surface area contributed by atoms with Crippen LogP contribution in [0, 0.1) is 5.41 Å². The number of para-hydroxylation sites is 1. The van der Waals surface area contributed by atoms with Crippen LogP contribution in [0.15, 0.2) is 143 Å². The van der Waals surface area contributed by atoms with Crippen molar-refractivity contribution in [2.24, 2.45) is 5.41 Å². The lowest BCUT2D eigenvalue weighted by molar-refractivity contribution is -0.144. The Morgan fingerprint density at radius 3 is 1.87 bits per heavy atom. The minimum atomic E-state index is -3.75. The molecule has 1 aliphatic heterocycles. The average molecular weight is 763 g/mol. The van der Waals surface area contributed by atoms with E-state index in [0.717, 1.165) is 53.0 Å². The van der Waals surface area contributed by atoms with Crippen LogP contribution in [-0.4, -0.2) is 52.7 Å². The van der Waals surface area contributed by atoms with Gasteiger partial charge in [0.05, 0.1) is 33.9 Å². The fourth-order valence-corrected chi connectivity index (χ4v) is 10.4. The number of benzene rings is 5. The molecule has 5 aromatic rings. The highest BCUT2D eigenvalue weighted by molar-refractivity contribution is 7.98. The summed E-state index contributed by atoms with van der Waals surface area (Å²) in [4.78, 5) is 16.9. The Labute approximate surface area is 325 Å². The van der Waals surface area contributed by atoms with Gasteiger partial charge < -0.3 is 14.4 Å². The zero-order valence-electron chi connectivity index (χ0n) is 31.5. The van der Waals surface area contributed by atoms with Crippen molar-refractivity contribution in [3.05, 3.63) is 150 Å². The summed E-state index contributed by atoms with van der Waals surface area (Å²) in [6, 6.07) is 42.7. The maximum Gasteiger partial charge on any atom is 0.326 e. The predicted octanol–water partition coefficient (Wildman–Crippen LogP) is 9.42. The first-order valence-corrected chi connectivity index (χ1v) is 21.5. The number of anilines is 2. The molecular formula is C45H50N2O5S2. The van der Waals surface area contributed by atoms with Crippen molar-refractivity contribution in [3.8, 4) is 5.75 Å². The molecular weight excluding hydrogens is 713 g/mol. The van der Waals surface area contributed by atoms with Crippen molar-refractivity contribution in [3.63, 3.8) is 0 Å². The fourth-order valence-electron chi connectivity index (χ4n) is 7.70. The van der Waals surface area contributed by atoms with Gasteiger partial charge in [-0.05, 0) is 54.0 Å². The highest BCUT2D eigenvalue weighted by Gasteiger charge is 2.43. The monoisotopic (exact) mass is 762 g/mol. The molecule has 0 unspecified atom stereocenters. The number of carbonyl (C=O) groups excluding carboxylic acids is 1. The second kappa shape index (κ2) is 17.3. The van der Waals surface area contributed by atoms with Crippen molar-refractivity contribution in [1.82, 2.24) is 5.32 Å². The van der Waals surface area contributed by atoms with Crippen LogP contribution in [0.2, 0.25) is 0 Å². The normalized spacial score (nSPS) is 17.2. The summed E-state index contributed by atoms with van der Waals surface area (Å²) in [6.45, 7) is 4.72. The molecule has 2 atom stereocenters. The summed E-state index contributed by atoms with van der Waals surface area (Å²) < 4.78 is 41.0. The molecule has 282 valence electrons. The van der Waals surface area contributed by atoms with Crippen LogP contribution in [0.4, 0.5) is 11.4 Å². The number of hydrogen-bond donors (Lipinski definition) is 1. The second-order valence-corrected chi connectivity index (χ2v) is 16.8. The van der Waals surface area contributed by atoms with Crippen LogP contribution in [0.5, 0.6) is 5.75 Å². The van der Waals surface area contributed by atoms with E-state index in [2.05, 4.69) is 24.1 Å². The first-order chi connectivity index (χ1) is 26.2. The van der Waals surface area contributed by atoms with Crippen molar-refractivity contribution in [2.45, 2.75) is 60.9 Å². The van der Waals surface area contributed by atoms with Gasteiger partial charge in [0.15, 0.2) is 9.84 Å². The number of nitrogens with one attached hydrogen (secondary N) is 1. The summed E-state index contributed by atoms with van der Waals surface area (Å²) >= 11 is 1.48. The van der Waals surface area contributed by atoms with Gasteiger partial charge >= 0.3 is 5.97 Å². The van der Waals surface area contributed by atoms with Gasteiger partial charge in [0, 0.05) is 23.7 Å². The molecule has 0 fully saturated rings. The first-order valence-electron chi connectivity index (χ1n) is 18.6. The Bertz CT molecular complexity index is 2000. The van der Waals surface area contributed by atoms with E-state index in [1.165, 1.54) is 18.9 Å². The van der Waals surface area contributed by atoms with E-state index in [1.54, 1.807) is 6.07 Å². The molecule has 1 aliphatic rings. The Kier molecular flexibility index (Phi) is 12.5. The molecule has 1 heterocycles. The molecule has 0 saturated carbocycles. The van der Waals surface area contributed by atoms with Gasteiger partial charge in [0.2, 0.25) is 0 Å². The smallest absolute Gasteiger partial charge is 0.326 e. The van der Waals surface area contributed by atoms with Gasteiger partial charge in [0.25, 0.3) is 0 Å². The minimum absolute atomic E-state index is 0.0466.